The van der Waals surface area contributed by atoms with Crippen LogP contribution in [0, 0.1) is 0 Å². The van der Waals surface area contributed by atoms with E-state index in [0.29, 0.717) is 48.3 Å². The minimum absolute atomic E-state index is 0.0436. The highest BCUT2D eigenvalue weighted by molar-refractivity contribution is 5.79. The van der Waals surface area contributed by atoms with Gasteiger partial charge >= 0.3 is 0 Å². The molecule has 0 aromatic heterocycles. The molecule has 0 atom stereocenters. The number of phenols is 2. The van der Waals surface area contributed by atoms with Crippen LogP contribution in [0.3, 0.4) is 0 Å². The Bertz CT molecular complexity index is 730. The number of phenolic OH excluding ortho intramolecular Hbond substituents is 2. The average molecular weight is 386 g/mol. The second kappa shape index (κ2) is 10.0. The molecule has 0 aliphatic heterocycles. The van der Waals surface area contributed by atoms with Gasteiger partial charge in [-0.25, -0.2) is 0 Å². The number of ketones is 1. The fourth-order valence-electron chi connectivity index (χ4n) is 2.89. The summed E-state index contributed by atoms with van der Waals surface area (Å²) in [5.41, 5.74) is 1.39. The second-order valence-corrected chi connectivity index (χ2v) is 7.45. The number of ether oxygens (including phenoxy) is 2. The normalized spacial score (nSPS) is 11.1. The molecule has 0 amide bonds. The van der Waals surface area contributed by atoms with E-state index >= 15 is 0 Å². The van der Waals surface area contributed by atoms with Crippen molar-refractivity contribution < 1.29 is 24.5 Å². The van der Waals surface area contributed by atoms with Crippen LogP contribution in [0.1, 0.15) is 51.7 Å². The first-order valence-electron chi connectivity index (χ1n) is 9.73. The van der Waals surface area contributed by atoms with Gasteiger partial charge < -0.3 is 19.7 Å². The van der Waals surface area contributed by atoms with Crippen LogP contribution in [0.15, 0.2) is 36.4 Å². The Morgan fingerprint density at radius 3 is 1.54 bits per heavy atom. The van der Waals surface area contributed by atoms with Gasteiger partial charge in [0.15, 0.2) is 0 Å². The highest BCUT2D eigenvalue weighted by Crippen LogP contribution is 2.27. The van der Waals surface area contributed by atoms with Gasteiger partial charge in [-0.15, -0.1) is 0 Å². The van der Waals surface area contributed by atoms with E-state index in [-0.39, 0.29) is 29.5 Å². The van der Waals surface area contributed by atoms with Crippen molar-refractivity contribution in [3.8, 4) is 23.0 Å². The van der Waals surface area contributed by atoms with Crippen molar-refractivity contribution in [3.05, 3.63) is 47.5 Å². The van der Waals surface area contributed by atoms with E-state index < -0.39 is 0 Å². The molecule has 28 heavy (non-hydrogen) atoms. The highest BCUT2D eigenvalue weighted by Gasteiger charge is 2.11. The van der Waals surface area contributed by atoms with Crippen LogP contribution in [-0.4, -0.2) is 28.2 Å². The first-order chi connectivity index (χ1) is 13.2. The van der Waals surface area contributed by atoms with E-state index in [2.05, 4.69) is 0 Å². The third-order valence-corrected chi connectivity index (χ3v) is 4.19. The number of rotatable bonds is 10. The largest absolute Gasteiger partial charge is 0.508 e. The van der Waals surface area contributed by atoms with Crippen molar-refractivity contribution in [2.75, 3.05) is 0 Å². The fraction of sp³-hybridized carbons (Fsp3) is 0.435. The van der Waals surface area contributed by atoms with Crippen molar-refractivity contribution in [3.63, 3.8) is 0 Å². The minimum Gasteiger partial charge on any atom is -0.508 e. The summed E-state index contributed by atoms with van der Waals surface area (Å²) in [4.78, 5) is 12.3. The molecule has 0 aliphatic rings. The van der Waals surface area contributed by atoms with Crippen LogP contribution in [0.5, 0.6) is 23.0 Å². The zero-order valence-electron chi connectivity index (χ0n) is 17.1. The van der Waals surface area contributed by atoms with Crippen LogP contribution in [0.25, 0.3) is 0 Å². The van der Waals surface area contributed by atoms with E-state index in [9.17, 15) is 15.0 Å². The zero-order chi connectivity index (χ0) is 20.7. The molecule has 0 fully saturated rings. The predicted molar refractivity (Wildman–Crippen MR) is 109 cm³/mol. The van der Waals surface area contributed by atoms with Crippen LogP contribution < -0.4 is 9.47 Å². The van der Waals surface area contributed by atoms with Crippen molar-refractivity contribution >= 4 is 5.78 Å². The van der Waals surface area contributed by atoms with Crippen LogP contribution >= 0.6 is 0 Å². The molecular weight excluding hydrogens is 356 g/mol. The SMILES string of the molecule is CC(C)Oc1ccc(O)c(CCC(=O)CCc2cc(OC(C)C)ccc2O)c1. The Morgan fingerprint density at radius 2 is 1.18 bits per heavy atom. The van der Waals surface area contributed by atoms with Gasteiger partial charge in [0.25, 0.3) is 0 Å². The quantitative estimate of drug-likeness (QED) is 0.613. The van der Waals surface area contributed by atoms with E-state index in [1.165, 1.54) is 0 Å². The third-order valence-electron chi connectivity index (χ3n) is 4.19. The molecule has 152 valence electrons. The molecule has 0 radical (unpaired) electrons. The summed E-state index contributed by atoms with van der Waals surface area (Å²) in [7, 11) is 0. The maximum atomic E-state index is 12.3. The summed E-state index contributed by atoms with van der Waals surface area (Å²) >= 11 is 0. The van der Waals surface area contributed by atoms with Gasteiger partial charge in [-0.05, 0) is 88.1 Å². The number of aryl methyl sites for hydroxylation is 2. The molecule has 0 saturated heterocycles. The molecule has 5 heteroatoms. The van der Waals surface area contributed by atoms with E-state index in [1.54, 1.807) is 36.4 Å². The summed E-state index contributed by atoms with van der Waals surface area (Å²) < 4.78 is 11.3. The summed E-state index contributed by atoms with van der Waals surface area (Å²) in [6, 6.07) is 10.2. The zero-order valence-corrected chi connectivity index (χ0v) is 17.1. The first kappa shape index (κ1) is 21.6. The van der Waals surface area contributed by atoms with Crippen LogP contribution in [0.2, 0.25) is 0 Å². The maximum Gasteiger partial charge on any atom is 0.133 e. The molecule has 0 heterocycles. The molecule has 0 aliphatic carbocycles. The molecule has 2 aromatic rings. The third kappa shape index (κ3) is 6.80. The molecule has 2 N–H and O–H groups in total. The summed E-state index contributed by atoms with van der Waals surface area (Å²) in [5.74, 6) is 1.77. The minimum atomic E-state index is 0.0436. The number of carbonyl (C=O) groups excluding carboxylic acids is 1. The summed E-state index contributed by atoms with van der Waals surface area (Å²) in [6.07, 6.45) is 1.62. The Kier molecular flexibility index (Phi) is 7.73. The van der Waals surface area contributed by atoms with Crippen molar-refractivity contribution in [1.29, 1.82) is 0 Å². The van der Waals surface area contributed by atoms with Crippen molar-refractivity contribution in [2.45, 2.75) is 65.6 Å². The number of benzene rings is 2. The fourth-order valence-corrected chi connectivity index (χ4v) is 2.89. The van der Waals surface area contributed by atoms with E-state index in [1.807, 2.05) is 27.7 Å². The lowest BCUT2D eigenvalue weighted by Crippen LogP contribution is -2.07. The molecule has 2 aromatic carbocycles. The van der Waals surface area contributed by atoms with Crippen LogP contribution in [0.4, 0.5) is 0 Å². The molecule has 2 rings (SSSR count). The number of aromatic hydroxyl groups is 2. The second-order valence-electron chi connectivity index (χ2n) is 7.45. The lowest BCUT2D eigenvalue weighted by molar-refractivity contribution is -0.119. The number of carbonyl (C=O) groups is 1. The van der Waals surface area contributed by atoms with Gasteiger partial charge in [-0.2, -0.15) is 0 Å². The van der Waals surface area contributed by atoms with Crippen molar-refractivity contribution in [1.82, 2.24) is 0 Å². The molecule has 0 saturated carbocycles. The lowest BCUT2D eigenvalue weighted by Gasteiger charge is -2.13. The molecule has 0 bridgehead atoms. The Labute approximate surface area is 166 Å². The van der Waals surface area contributed by atoms with E-state index in [0.717, 1.165) is 0 Å². The first-order valence-corrected chi connectivity index (χ1v) is 9.73. The standard InChI is InChI=1S/C23H30O5/c1-15(2)27-20-9-11-22(25)17(13-20)5-7-19(24)8-6-18-14-21(28-16(3)4)10-12-23(18)26/h9-16,25-26H,5-8H2,1-4H3. The Balaban J connectivity index is 1.91. The summed E-state index contributed by atoms with van der Waals surface area (Å²) in [6.45, 7) is 7.75. The van der Waals surface area contributed by atoms with Crippen molar-refractivity contribution in [2.24, 2.45) is 0 Å². The summed E-state index contributed by atoms with van der Waals surface area (Å²) in [5, 5.41) is 20.0. The van der Waals surface area contributed by atoms with Gasteiger partial charge in [-0.1, -0.05) is 0 Å². The van der Waals surface area contributed by atoms with E-state index in [4.69, 9.17) is 9.47 Å². The van der Waals surface area contributed by atoms with Gasteiger partial charge in [-0.3, -0.25) is 4.79 Å². The number of hydrogen-bond acceptors (Lipinski definition) is 5. The molecular formula is C23H30O5. The van der Waals surface area contributed by atoms with Gasteiger partial charge in [0.1, 0.15) is 28.8 Å². The average Bonchev–Trinajstić information content (AvgIpc) is 2.61. The number of Topliss-reactive ketones (excluding diaryl/α,β-unsaturated/α-hetero) is 1. The topological polar surface area (TPSA) is 76.0 Å². The van der Waals surface area contributed by atoms with Gasteiger partial charge in [0.05, 0.1) is 12.2 Å². The maximum absolute atomic E-state index is 12.3. The molecule has 0 unspecified atom stereocenters. The monoisotopic (exact) mass is 386 g/mol. The predicted octanol–water partition coefficient (Wildman–Crippen LogP) is 4.81. The molecule has 5 nitrogen and oxygen atoms in total. The molecule has 0 spiro atoms. The highest BCUT2D eigenvalue weighted by atomic mass is 16.5. The lowest BCUT2D eigenvalue weighted by atomic mass is 10.0. The van der Waals surface area contributed by atoms with Crippen LogP contribution in [-0.2, 0) is 17.6 Å². The Morgan fingerprint density at radius 1 is 0.786 bits per heavy atom. The Hall–Kier alpha value is -2.69. The number of hydrogen-bond donors (Lipinski definition) is 2. The smallest absolute Gasteiger partial charge is 0.133 e. The van der Waals surface area contributed by atoms with Gasteiger partial charge in [0, 0.05) is 12.8 Å². The van der Waals surface area contributed by atoms with Gasteiger partial charge in [0.2, 0.25) is 0 Å².